The molecule has 22 heavy (non-hydrogen) atoms. The van der Waals surface area contributed by atoms with Gasteiger partial charge in [0.2, 0.25) is 0 Å². The van der Waals surface area contributed by atoms with Crippen molar-refractivity contribution in [3.63, 3.8) is 0 Å². The molecule has 0 unspecified atom stereocenters. The summed E-state index contributed by atoms with van der Waals surface area (Å²) in [5.74, 6) is -0.757. The van der Waals surface area contributed by atoms with E-state index in [4.69, 9.17) is 16.7 Å². The van der Waals surface area contributed by atoms with Gasteiger partial charge in [0.25, 0.3) is 0 Å². The third-order valence-electron chi connectivity index (χ3n) is 3.08. The van der Waals surface area contributed by atoms with Gasteiger partial charge in [0.1, 0.15) is 5.75 Å². The number of carbonyl (C=O) groups is 1. The van der Waals surface area contributed by atoms with Crippen LogP contribution in [0.1, 0.15) is 24.0 Å². The van der Waals surface area contributed by atoms with Crippen molar-refractivity contribution < 1.29 is 15.0 Å². The van der Waals surface area contributed by atoms with Gasteiger partial charge in [-0.15, -0.1) is 0 Å². The van der Waals surface area contributed by atoms with E-state index < -0.39 is 5.97 Å². The third-order valence-corrected chi connectivity index (χ3v) is 3.31. The number of aliphatic imine (C=N–C) groups is 1. The molecule has 2 rings (SSSR count). The molecule has 0 aliphatic rings. The molecule has 114 valence electrons. The average Bonchev–Trinajstić information content (AvgIpc) is 2.51. The first-order chi connectivity index (χ1) is 10.6. The van der Waals surface area contributed by atoms with Crippen LogP contribution in [-0.4, -0.2) is 28.4 Å². The summed E-state index contributed by atoms with van der Waals surface area (Å²) >= 11 is 6.01. The molecule has 0 fully saturated rings. The van der Waals surface area contributed by atoms with Crippen molar-refractivity contribution in [3.8, 4) is 5.75 Å². The minimum atomic E-state index is -0.845. The fraction of sp³-hybridized carbons (Fsp3) is 0.176. The van der Waals surface area contributed by atoms with Crippen molar-refractivity contribution in [2.24, 2.45) is 4.99 Å². The lowest BCUT2D eigenvalue weighted by Gasteiger charge is -2.10. The number of aliphatic carboxylic acids is 1. The van der Waals surface area contributed by atoms with Crippen LogP contribution in [0.5, 0.6) is 5.75 Å². The van der Waals surface area contributed by atoms with Crippen LogP contribution in [0.25, 0.3) is 0 Å². The summed E-state index contributed by atoms with van der Waals surface area (Å²) in [6, 6.07) is 14.2. The predicted molar refractivity (Wildman–Crippen MR) is 86.9 cm³/mol. The number of aromatic hydroxyl groups is 1. The Labute approximate surface area is 133 Å². The normalized spacial score (nSPS) is 11.4. The molecule has 0 spiro atoms. The van der Waals surface area contributed by atoms with E-state index in [-0.39, 0.29) is 12.2 Å². The molecule has 0 saturated heterocycles. The van der Waals surface area contributed by atoms with Crippen molar-refractivity contribution in [2.45, 2.75) is 12.8 Å². The second kappa shape index (κ2) is 7.61. The van der Waals surface area contributed by atoms with Crippen LogP contribution in [0.3, 0.4) is 0 Å². The molecular formula is C17H16ClNO3. The number of phenols is 1. The van der Waals surface area contributed by atoms with Gasteiger partial charge >= 0.3 is 5.97 Å². The van der Waals surface area contributed by atoms with Crippen molar-refractivity contribution in [1.82, 2.24) is 0 Å². The number of benzene rings is 2. The molecule has 0 aliphatic heterocycles. The molecule has 5 heteroatoms. The first kappa shape index (κ1) is 16.0. The van der Waals surface area contributed by atoms with Gasteiger partial charge in [0.15, 0.2) is 0 Å². The van der Waals surface area contributed by atoms with Gasteiger partial charge in [-0.05, 0) is 24.6 Å². The van der Waals surface area contributed by atoms with Gasteiger partial charge in [-0.25, -0.2) is 0 Å². The zero-order valence-corrected chi connectivity index (χ0v) is 12.6. The highest BCUT2D eigenvalue weighted by Crippen LogP contribution is 2.25. The van der Waals surface area contributed by atoms with Gasteiger partial charge in [0, 0.05) is 29.1 Å². The number of phenolic OH excluding ortho intramolecular Hbond substituents is 1. The Balaban J connectivity index is 2.35. The van der Waals surface area contributed by atoms with Gasteiger partial charge < -0.3 is 10.2 Å². The Morgan fingerprint density at radius 3 is 2.55 bits per heavy atom. The SMILES string of the molecule is O=C(O)CCCN=C(c1ccccc1)c1cc(Cl)ccc1O. The number of hydrogen-bond donors (Lipinski definition) is 2. The van der Waals surface area contributed by atoms with Crippen molar-refractivity contribution in [3.05, 3.63) is 64.7 Å². The fourth-order valence-electron chi connectivity index (χ4n) is 2.05. The number of halogens is 1. The van der Waals surface area contributed by atoms with E-state index in [0.717, 1.165) is 5.56 Å². The Morgan fingerprint density at radius 1 is 1.14 bits per heavy atom. The Kier molecular flexibility index (Phi) is 5.55. The topological polar surface area (TPSA) is 69.9 Å². The molecule has 2 aromatic carbocycles. The highest BCUT2D eigenvalue weighted by Gasteiger charge is 2.12. The standard InChI is InChI=1S/C17H16ClNO3/c18-13-8-9-15(20)14(11-13)17(12-5-2-1-3-6-12)19-10-4-7-16(21)22/h1-3,5-6,8-9,11,20H,4,7,10H2,(H,21,22). The first-order valence-corrected chi connectivity index (χ1v) is 7.26. The Morgan fingerprint density at radius 2 is 1.86 bits per heavy atom. The second-order valence-corrected chi connectivity index (χ2v) is 5.19. The van der Waals surface area contributed by atoms with Crippen LogP contribution in [0.15, 0.2) is 53.5 Å². The smallest absolute Gasteiger partial charge is 0.303 e. The number of rotatable bonds is 6. The van der Waals surface area contributed by atoms with E-state index in [1.165, 1.54) is 6.07 Å². The van der Waals surface area contributed by atoms with E-state index in [1.54, 1.807) is 12.1 Å². The van der Waals surface area contributed by atoms with Crippen molar-refractivity contribution in [1.29, 1.82) is 0 Å². The Bertz CT molecular complexity index is 684. The molecule has 0 aromatic heterocycles. The maximum Gasteiger partial charge on any atom is 0.303 e. The number of hydrogen-bond acceptors (Lipinski definition) is 3. The van der Waals surface area contributed by atoms with Crippen molar-refractivity contribution >= 4 is 23.3 Å². The highest BCUT2D eigenvalue weighted by molar-refractivity contribution is 6.31. The van der Waals surface area contributed by atoms with Gasteiger partial charge in [-0.3, -0.25) is 9.79 Å². The molecule has 0 saturated carbocycles. The summed E-state index contributed by atoms with van der Waals surface area (Å²) in [5.41, 5.74) is 1.98. The monoisotopic (exact) mass is 317 g/mol. The molecule has 0 bridgehead atoms. The second-order valence-electron chi connectivity index (χ2n) is 4.76. The lowest BCUT2D eigenvalue weighted by Crippen LogP contribution is -2.06. The van der Waals surface area contributed by atoms with E-state index >= 15 is 0 Å². The maximum atomic E-state index is 10.6. The van der Waals surface area contributed by atoms with Crippen LogP contribution in [0.2, 0.25) is 5.02 Å². The van der Waals surface area contributed by atoms with Gasteiger partial charge in [0.05, 0.1) is 5.71 Å². The zero-order valence-electron chi connectivity index (χ0n) is 11.9. The van der Waals surface area contributed by atoms with Crippen molar-refractivity contribution in [2.75, 3.05) is 6.54 Å². The molecule has 4 nitrogen and oxygen atoms in total. The van der Waals surface area contributed by atoms with E-state index in [9.17, 15) is 9.90 Å². The third kappa shape index (κ3) is 4.33. The maximum absolute atomic E-state index is 10.6. The fourth-order valence-corrected chi connectivity index (χ4v) is 2.22. The minimum absolute atomic E-state index is 0.0626. The summed E-state index contributed by atoms with van der Waals surface area (Å²) in [6.45, 7) is 0.364. The van der Waals surface area contributed by atoms with E-state index in [1.807, 2.05) is 30.3 Å². The Hall–Kier alpha value is -2.33. The summed E-state index contributed by atoms with van der Waals surface area (Å²) in [5, 5.41) is 19.3. The van der Waals surface area contributed by atoms with Crippen LogP contribution in [0.4, 0.5) is 0 Å². The molecule has 0 amide bonds. The molecular weight excluding hydrogens is 302 g/mol. The number of carboxylic acid groups (broad SMARTS) is 1. The molecule has 0 aliphatic carbocycles. The van der Waals surface area contributed by atoms with Gasteiger partial charge in [-0.1, -0.05) is 41.9 Å². The average molecular weight is 318 g/mol. The van der Waals surface area contributed by atoms with E-state index in [2.05, 4.69) is 4.99 Å². The summed E-state index contributed by atoms with van der Waals surface area (Å²) in [7, 11) is 0. The molecule has 0 heterocycles. The van der Waals surface area contributed by atoms with Crippen LogP contribution < -0.4 is 0 Å². The number of carboxylic acids is 1. The van der Waals surface area contributed by atoms with Crippen LogP contribution >= 0.6 is 11.6 Å². The van der Waals surface area contributed by atoms with Crippen LogP contribution in [0, 0.1) is 0 Å². The molecule has 0 atom stereocenters. The predicted octanol–water partition coefficient (Wildman–Crippen LogP) is 3.75. The summed E-state index contributed by atoms with van der Waals surface area (Å²) < 4.78 is 0. The molecule has 0 radical (unpaired) electrons. The number of nitrogens with zero attached hydrogens (tertiary/aromatic N) is 1. The van der Waals surface area contributed by atoms with Crippen LogP contribution in [-0.2, 0) is 4.79 Å². The summed E-state index contributed by atoms with van der Waals surface area (Å²) in [4.78, 5) is 15.0. The lowest BCUT2D eigenvalue weighted by molar-refractivity contribution is -0.137. The van der Waals surface area contributed by atoms with Gasteiger partial charge in [-0.2, -0.15) is 0 Å². The molecule has 2 N–H and O–H groups in total. The van der Waals surface area contributed by atoms with E-state index in [0.29, 0.717) is 29.3 Å². The zero-order chi connectivity index (χ0) is 15.9. The largest absolute Gasteiger partial charge is 0.507 e. The quantitative estimate of drug-likeness (QED) is 0.629. The summed E-state index contributed by atoms with van der Waals surface area (Å²) in [6.07, 6.45) is 0.500. The molecule has 2 aromatic rings. The first-order valence-electron chi connectivity index (χ1n) is 6.88. The highest BCUT2D eigenvalue weighted by atomic mass is 35.5. The lowest BCUT2D eigenvalue weighted by atomic mass is 10.0. The minimum Gasteiger partial charge on any atom is -0.507 e.